The van der Waals surface area contributed by atoms with Crippen molar-refractivity contribution in [2.45, 2.75) is 18.9 Å². The molecule has 0 saturated carbocycles. The fraction of sp³-hybridized carbons (Fsp3) is 0.273. The fourth-order valence-electron chi connectivity index (χ4n) is 1.33. The van der Waals surface area contributed by atoms with Crippen molar-refractivity contribution in [1.29, 1.82) is 0 Å². The molecule has 0 aromatic carbocycles. The third kappa shape index (κ3) is 4.67. The van der Waals surface area contributed by atoms with Gasteiger partial charge in [0.15, 0.2) is 0 Å². The van der Waals surface area contributed by atoms with Crippen LogP contribution in [0, 0.1) is 0 Å². The number of carboxylic acid groups (broad SMARTS) is 1. The summed E-state index contributed by atoms with van der Waals surface area (Å²) in [4.78, 5) is 37.1. The molecular formula is C11H11Cl2N3O4. The zero-order chi connectivity index (χ0) is 15.3. The number of hydrogen-bond donors (Lipinski definition) is 3. The van der Waals surface area contributed by atoms with Gasteiger partial charge in [0.2, 0.25) is 5.91 Å². The minimum Gasteiger partial charge on any atom is -0.480 e. The van der Waals surface area contributed by atoms with Gasteiger partial charge in [-0.25, -0.2) is 9.78 Å². The molecule has 1 aromatic heterocycles. The van der Waals surface area contributed by atoms with E-state index in [4.69, 9.17) is 34.0 Å². The van der Waals surface area contributed by atoms with Crippen molar-refractivity contribution in [2.24, 2.45) is 5.73 Å². The predicted molar refractivity (Wildman–Crippen MR) is 71.6 cm³/mol. The zero-order valence-electron chi connectivity index (χ0n) is 10.1. The number of hydrogen-bond acceptors (Lipinski definition) is 4. The Balaban J connectivity index is 2.77. The minimum atomic E-state index is -1.27. The number of aliphatic carboxylic acids is 1. The molecule has 1 rings (SSSR count). The van der Waals surface area contributed by atoms with E-state index in [0.717, 1.165) is 6.20 Å². The van der Waals surface area contributed by atoms with Crippen LogP contribution in [-0.2, 0) is 9.59 Å². The number of amides is 2. The molecule has 4 N–H and O–H groups in total. The average Bonchev–Trinajstić information content (AvgIpc) is 2.36. The number of pyridine rings is 1. The molecule has 1 aromatic rings. The number of aromatic nitrogens is 1. The standard InChI is InChI=1S/C11H11Cl2N3O4/c12-6-3-5(4-15-9(6)13)10(18)16-7(11(19)20)1-2-8(14)17/h3-4,7H,1-2H2,(H2,14,17)(H,16,18)(H,19,20)/t7-/m0/s1. The molecule has 1 atom stereocenters. The first kappa shape index (κ1) is 16.2. The van der Waals surface area contributed by atoms with Gasteiger partial charge in [-0.15, -0.1) is 0 Å². The van der Waals surface area contributed by atoms with Gasteiger partial charge in [-0.1, -0.05) is 23.2 Å². The van der Waals surface area contributed by atoms with Gasteiger partial charge >= 0.3 is 5.97 Å². The molecule has 0 fully saturated rings. The lowest BCUT2D eigenvalue weighted by Crippen LogP contribution is -2.41. The van der Waals surface area contributed by atoms with Crippen molar-refractivity contribution in [3.05, 3.63) is 28.0 Å². The molecule has 0 aliphatic rings. The second kappa shape index (κ2) is 7.06. The molecule has 0 unspecified atom stereocenters. The Hall–Kier alpha value is -1.86. The Labute approximate surface area is 124 Å². The lowest BCUT2D eigenvalue weighted by Gasteiger charge is -2.13. The minimum absolute atomic E-state index is 0.0340. The van der Waals surface area contributed by atoms with Crippen molar-refractivity contribution >= 4 is 41.0 Å². The molecule has 0 aliphatic heterocycles. The maximum atomic E-state index is 11.8. The highest BCUT2D eigenvalue weighted by Gasteiger charge is 2.21. The van der Waals surface area contributed by atoms with Crippen LogP contribution < -0.4 is 11.1 Å². The van der Waals surface area contributed by atoms with Crippen molar-refractivity contribution in [3.8, 4) is 0 Å². The Morgan fingerprint density at radius 3 is 2.55 bits per heavy atom. The van der Waals surface area contributed by atoms with Crippen LogP contribution in [0.15, 0.2) is 12.3 Å². The summed E-state index contributed by atoms with van der Waals surface area (Å²) in [6.45, 7) is 0. The van der Waals surface area contributed by atoms with Crippen LogP contribution in [0.5, 0.6) is 0 Å². The summed E-state index contributed by atoms with van der Waals surface area (Å²) < 4.78 is 0. The summed E-state index contributed by atoms with van der Waals surface area (Å²) in [5.41, 5.74) is 4.99. The molecule has 0 saturated heterocycles. The largest absolute Gasteiger partial charge is 0.480 e. The van der Waals surface area contributed by atoms with Crippen molar-refractivity contribution < 1.29 is 19.5 Å². The number of carbonyl (C=O) groups excluding carboxylic acids is 2. The molecule has 7 nitrogen and oxygen atoms in total. The highest BCUT2D eigenvalue weighted by molar-refractivity contribution is 6.41. The number of halogens is 2. The van der Waals surface area contributed by atoms with E-state index in [-0.39, 0.29) is 28.6 Å². The molecule has 20 heavy (non-hydrogen) atoms. The Bertz CT molecular complexity index is 550. The van der Waals surface area contributed by atoms with Gasteiger partial charge in [0, 0.05) is 12.6 Å². The smallest absolute Gasteiger partial charge is 0.326 e. The Kier molecular flexibility index (Phi) is 5.72. The third-order valence-electron chi connectivity index (χ3n) is 2.34. The van der Waals surface area contributed by atoms with Crippen molar-refractivity contribution in [2.75, 3.05) is 0 Å². The van der Waals surface area contributed by atoms with Gasteiger partial charge in [-0.3, -0.25) is 9.59 Å². The number of carboxylic acids is 1. The van der Waals surface area contributed by atoms with Crippen LogP contribution in [0.3, 0.4) is 0 Å². The van der Waals surface area contributed by atoms with E-state index >= 15 is 0 Å². The molecule has 1 heterocycles. The van der Waals surface area contributed by atoms with Crippen LogP contribution in [-0.4, -0.2) is 33.9 Å². The van der Waals surface area contributed by atoms with E-state index in [9.17, 15) is 14.4 Å². The first-order chi connectivity index (χ1) is 9.31. The topological polar surface area (TPSA) is 122 Å². The quantitative estimate of drug-likeness (QED) is 0.670. The monoisotopic (exact) mass is 319 g/mol. The van der Waals surface area contributed by atoms with Crippen molar-refractivity contribution in [1.82, 2.24) is 10.3 Å². The number of nitrogens with zero attached hydrogens (tertiary/aromatic N) is 1. The number of primary amides is 1. The van der Waals surface area contributed by atoms with E-state index in [0.29, 0.717) is 0 Å². The van der Waals surface area contributed by atoms with Gasteiger partial charge in [-0.05, 0) is 12.5 Å². The summed E-state index contributed by atoms with van der Waals surface area (Å²) in [6.07, 6.45) is 0.901. The van der Waals surface area contributed by atoms with E-state index in [1.54, 1.807) is 0 Å². The maximum absolute atomic E-state index is 11.8. The van der Waals surface area contributed by atoms with E-state index in [1.807, 2.05) is 0 Å². The van der Waals surface area contributed by atoms with Crippen LogP contribution in [0.2, 0.25) is 10.2 Å². The summed E-state index contributed by atoms with van der Waals surface area (Å²) in [5, 5.41) is 11.3. The number of nitrogens with two attached hydrogens (primary N) is 1. The SMILES string of the molecule is NC(=O)CC[C@H](NC(=O)c1cnc(Cl)c(Cl)c1)C(=O)O. The summed E-state index contributed by atoms with van der Waals surface area (Å²) >= 11 is 11.3. The molecule has 2 amide bonds. The normalized spacial score (nSPS) is 11.7. The lowest BCUT2D eigenvalue weighted by atomic mass is 10.1. The van der Waals surface area contributed by atoms with Crippen LogP contribution in [0.4, 0.5) is 0 Å². The average molecular weight is 320 g/mol. The molecule has 9 heteroatoms. The van der Waals surface area contributed by atoms with Gasteiger partial charge in [0.1, 0.15) is 11.2 Å². The third-order valence-corrected chi connectivity index (χ3v) is 3.03. The zero-order valence-corrected chi connectivity index (χ0v) is 11.6. The number of rotatable bonds is 6. The van der Waals surface area contributed by atoms with E-state index in [1.165, 1.54) is 6.07 Å². The second-order valence-electron chi connectivity index (χ2n) is 3.87. The molecule has 0 aliphatic carbocycles. The molecule has 108 valence electrons. The van der Waals surface area contributed by atoms with Crippen LogP contribution >= 0.6 is 23.2 Å². The van der Waals surface area contributed by atoms with Gasteiger partial charge in [0.05, 0.1) is 10.6 Å². The second-order valence-corrected chi connectivity index (χ2v) is 4.63. The van der Waals surface area contributed by atoms with Gasteiger partial charge in [-0.2, -0.15) is 0 Å². The van der Waals surface area contributed by atoms with E-state index < -0.39 is 23.8 Å². The predicted octanol–water partition coefficient (Wildman–Crippen LogP) is 0.837. The summed E-state index contributed by atoms with van der Waals surface area (Å²) in [7, 11) is 0. The molecule has 0 radical (unpaired) electrons. The van der Waals surface area contributed by atoms with Crippen LogP contribution in [0.25, 0.3) is 0 Å². The first-order valence-corrected chi connectivity index (χ1v) is 6.20. The highest BCUT2D eigenvalue weighted by Crippen LogP contribution is 2.19. The van der Waals surface area contributed by atoms with Crippen LogP contribution in [0.1, 0.15) is 23.2 Å². The Morgan fingerprint density at radius 2 is 2.05 bits per heavy atom. The Morgan fingerprint density at radius 1 is 1.40 bits per heavy atom. The molecular weight excluding hydrogens is 309 g/mol. The maximum Gasteiger partial charge on any atom is 0.326 e. The fourth-order valence-corrected chi connectivity index (χ4v) is 1.60. The van der Waals surface area contributed by atoms with Crippen molar-refractivity contribution in [3.63, 3.8) is 0 Å². The van der Waals surface area contributed by atoms with Gasteiger partial charge < -0.3 is 16.2 Å². The first-order valence-electron chi connectivity index (χ1n) is 5.44. The number of nitrogens with one attached hydrogen (secondary N) is 1. The van der Waals surface area contributed by atoms with E-state index in [2.05, 4.69) is 10.3 Å². The molecule has 0 spiro atoms. The summed E-state index contributed by atoms with van der Waals surface area (Å²) in [5.74, 6) is -2.61. The molecule has 0 bridgehead atoms. The lowest BCUT2D eigenvalue weighted by molar-refractivity contribution is -0.139. The summed E-state index contributed by atoms with van der Waals surface area (Å²) in [6, 6.07) is 0.0311. The van der Waals surface area contributed by atoms with Gasteiger partial charge in [0.25, 0.3) is 5.91 Å². The highest BCUT2D eigenvalue weighted by atomic mass is 35.5. The number of carbonyl (C=O) groups is 3.